The molecule has 0 saturated heterocycles. The van der Waals surface area contributed by atoms with Crippen molar-refractivity contribution in [3.05, 3.63) is 0 Å². The number of aliphatic hydroxyl groups is 1. The lowest BCUT2D eigenvalue weighted by Crippen LogP contribution is -2.40. The molecule has 9 heavy (non-hydrogen) atoms. The lowest BCUT2D eigenvalue weighted by Gasteiger charge is -2.40. The summed E-state index contributed by atoms with van der Waals surface area (Å²) < 4.78 is 0. The summed E-state index contributed by atoms with van der Waals surface area (Å²) in [4.78, 5) is 0. The van der Waals surface area contributed by atoms with Crippen LogP contribution in [0.1, 0.15) is 33.1 Å². The molecule has 0 heterocycles. The van der Waals surface area contributed by atoms with Gasteiger partial charge in [-0.1, -0.05) is 26.7 Å². The molecular weight excluding hydrogens is 112 g/mol. The normalized spacial score (nSPS) is 42.3. The molecule has 0 spiro atoms. The lowest BCUT2D eigenvalue weighted by atomic mass is 9.68. The molecule has 1 nitrogen and oxygen atoms in total. The highest BCUT2D eigenvalue weighted by Crippen LogP contribution is 2.38. The molecule has 1 aliphatic rings. The van der Waals surface area contributed by atoms with Crippen LogP contribution in [0.5, 0.6) is 0 Å². The molecule has 0 aromatic heterocycles. The van der Waals surface area contributed by atoms with E-state index in [1.165, 1.54) is 6.42 Å². The minimum absolute atomic E-state index is 0.0277. The molecule has 1 saturated carbocycles. The van der Waals surface area contributed by atoms with Crippen LogP contribution in [0.2, 0.25) is 0 Å². The summed E-state index contributed by atoms with van der Waals surface area (Å²) in [5.41, 5.74) is 0. The van der Waals surface area contributed by atoms with Crippen LogP contribution in [-0.4, -0.2) is 11.2 Å². The van der Waals surface area contributed by atoms with Crippen molar-refractivity contribution in [2.24, 2.45) is 11.8 Å². The van der Waals surface area contributed by atoms with Crippen LogP contribution in [0.15, 0.2) is 0 Å². The highest BCUT2D eigenvalue weighted by molar-refractivity contribution is 4.86. The third-order valence-corrected chi connectivity index (χ3v) is 2.64. The highest BCUT2D eigenvalue weighted by Gasteiger charge is 2.36. The van der Waals surface area contributed by atoms with E-state index in [1.807, 2.05) is 0 Å². The van der Waals surface area contributed by atoms with E-state index in [0.29, 0.717) is 5.92 Å². The zero-order valence-electron chi connectivity index (χ0n) is 6.30. The van der Waals surface area contributed by atoms with Gasteiger partial charge in [0.1, 0.15) is 0 Å². The Bertz CT molecular complexity index is 90.6. The second-order valence-electron chi connectivity index (χ2n) is 3.04. The summed E-state index contributed by atoms with van der Waals surface area (Å²) in [6.07, 6.45) is 3.48. The molecule has 0 radical (unpaired) electrons. The standard InChI is InChI=1S/C8H16O/c1-3-6-5-8(9)7(6)4-2/h6-9H,3-5H2,1-2H3. The summed E-state index contributed by atoms with van der Waals surface area (Å²) >= 11 is 0. The predicted molar refractivity (Wildman–Crippen MR) is 38.2 cm³/mol. The Hall–Kier alpha value is -0.0400. The number of hydrogen-bond acceptors (Lipinski definition) is 1. The first-order valence-corrected chi connectivity index (χ1v) is 3.97. The maximum Gasteiger partial charge on any atom is 0.0573 e. The van der Waals surface area contributed by atoms with E-state index in [1.54, 1.807) is 0 Å². The van der Waals surface area contributed by atoms with Crippen molar-refractivity contribution < 1.29 is 5.11 Å². The Morgan fingerprint density at radius 2 is 2.00 bits per heavy atom. The molecule has 3 atom stereocenters. The van der Waals surface area contributed by atoms with Gasteiger partial charge in [-0.15, -0.1) is 0 Å². The van der Waals surface area contributed by atoms with Crippen LogP contribution in [0, 0.1) is 11.8 Å². The van der Waals surface area contributed by atoms with Gasteiger partial charge < -0.3 is 5.11 Å². The van der Waals surface area contributed by atoms with Crippen molar-refractivity contribution in [2.75, 3.05) is 0 Å². The number of hydrogen-bond donors (Lipinski definition) is 1. The Labute approximate surface area is 57.1 Å². The van der Waals surface area contributed by atoms with Crippen molar-refractivity contribution in [3.8, 4) is 0 Å². The fourth-order valence-electron chi connectivity index (χ4n) is 1.85. The van der Waals surface area contributed by atoms with Crippen LogP contribution < -0.4 is 0 Å². The molecule has 1 heteroatoms. The lowest BCUT2D eigenvalue weighted by molar-refractivity contribution is -0.0365. The fourth-order valence-corrected chi connectivity index (χ4v) is 1.85. The second kappa shape index (κ2) is 2.70. The maximum atomic E-state index is 9.21. The molecule has 1 rings (SSSR count). The van der Waals surface area contributed by atoms with Gasteiger partial charge in [0, 0.05) is 0 Å². The predicted octanol–water partition coefficient (Wildman–Crippen LogP) is 1.80. The summed E-state index contributed by atoms with van der Waals surface area (Å²) in [7, 11) is 0. The SMILES string of the molecule is CCC1CC(O)C1CC. The van der Waals surface area contributed by atoms with Crippen LogP contribution >= 0.6 is 0 Å². The van der Waals surface area contributed by atoms with Gasteiger partial charge in [0.25, 0.3) is 0 Å². The molecule has 1 fully saturated rings. The largest absolute Gasteiger partial charge is 0.393 e. The second-order valence-corrected chi connectivity index (χ2v) is 3.04. The molecule has 54 valence electrons. The van der Waals surface area contributed by atoms with Crippen molar-refractivity contribution in [1.29, 1.82) is 0 Å². The first-order valence-electron chi connectivity index (χ1n) is 3.97. The molecular formula is C8H16O. The van der Waals surface area contributed by atoms with E-state index >= 15 is 0 Å². The van der Waals surface area contributed by atoms with Crippen LogP contribution in [0.25, 0.3) is 0 Å². The van der Waals surface area contributed by atoms with E-state index in [9.17, 15) is 5.11 Å². The third kappa shape index (κ3) is 1.11. The molecule has 0 aromatic rings. The van der Waals surface area contributed by atoms with Crippen molar-refractivity contribution in [1.82, 2.24) is 0 Å². The number of rotatable bonds is 2. The van der Waals surface area contributed by atoms with Gasteiger partial charge >= 0.3 is 0 Å². The molecule has 0 amide bonds. The first-order chi connectivity index (χ1) is 4.29. The molecule has 0 bridgehead atoms. The smallest absolute Gasteiger partial charge is 0.0573 e. The Kier molecular flexibility index (Phi) is 2.12. The van der Waals surface area contributed by atoms with Gasteiger partial charge in [0.05, 0.1) is 6.10 Å². The first kappa shape index (κ1) is 7.07. The molecule has 3 unspecified atom stereocenters. The average molecular weight is 128 g/mol. The summed E-state index contributed by atoms with van der Waals surface area (Å²) in [5.74, 6) is 1.44. The van der Waals surface area contributed by atoms with Gasteiger partial charge in [0.2, 0.25) is 0 Å². The molecule has 1 aliphatic carbocycles. The Balaban J connectivity index is 2.29. The average Bonchev–Trinajstić information content (AvgIpc) is 1.83. The molecule has 0 aliphatic heterocycles. The minimum atomic E-state index is 0.0277. The summed E-state index contributed by atoms with van der Waals surface area (Å²) in [6, 6.07) is 0. The van der Waals surface area contributed by atoms with Gasteiger partial charge in [-0.2, -0.15) is 0 Å². The van der Waals surface area contributed by atoms with E-state index < -0.39 is 0 Å². The fraction of sp³-hybridized carbons (Fsp3) is 1.00. The molecule has 1 N–H and O–H groups in total. The van der Waals surface area contributed by atoms with E-state index in [-0.39, 0.29) is 6.10 Å². The maximum absolute atomic E-state index is 9.21. The zero-order chi connectivity index (χ0) is 6.85. The summed E-state index contributed by atoms with van der Waals surface area (Å²) in [5, 5.41) is 9.21. The van der Waals surface area contributed by atoms with Crippen LogP contribution in [0.3, 0.4) is 0 Å². The number of aliphatic hydroxyl groups excluding tert-OH is 1. The highest BCUT2D eigenvalue weighted by atomic mass is 16.3. The van der Waals surface area contributed by atoms with E-state index in [0.717, 1.165) is 18.8 Å². The Morgan fingerprint density at radius 3 is 2.22 bits per heavy atom. The minimum Gasteiger partial charge on any atom is -0.393 e. The van der Waals surface area contributed by atoms with Gasteiger partial charge in [-0.05, 0) is 18.3 Å². The topological polar surface area (TPSA) is 20.2 Å². The van der Waals surface area contributed by atoms with Crippen molar-refractivity contribution in [2.45, 2.75) is 39.2 Å². The Morgan fingerprint density at radius 1 is 1.33 bits per heavy atom. The summed E-state index contributed by atoms with van der Waals surface area (Å²) in [6.45, 7) is 4.37. The quantitative estimate of drug-likeness (QED) is 0.601. The van der Waals surface area contributed by atoms with Crippen LogP contribution in [0.4, 0.5) is 0 Å². The van der Waals surface area contributed by atoms with Crippen LogP contribution in [-0.2, 0) is 0 Å². The zero-order valence-corrected chi connectivity index (χ0v) is 6.30. The molecule has 0 aromatic carbocycles. The van der Waals surface area contributed by atoms with E-state index in [2.05, 4.69) is 13.8 Å². The van der Waals surface area contributed by atoms with Gasteiger partial charge in [-0.25, -0.2) is 0 Å². The van der Waals surface area contributed by atoms with E-state index in [4.69, 9.17) is 0 Å². The van der Waals surface area contributed by atoms with Gasteiger partial charge in [-0.3, -0.25) is 0 Å². The van der Waals surface area contributed by atoms with Crippen molar-refractivity contribution in [3.63, 3.8) is 0 Å². The monoisotopic (exact) mass is 128 g/mol. The van der Waals surface area contributed by atoms with Crippen molar-refractivity contribution >= 4 is 0 Å². The third-order valence-electron chi connectivity index (χ3n) is 2.64. The van der Waals surface area contributed by atoms with Gasteiger partial charge in [0.15, 0.2) is 0 Å².